The summed E-state index contributed by atoms with van der Waals surface area (Å²) in [5.74, 6) is 1.15. The molecule has 0 saturated heterocycles. The van der Waals surface area contributed by atoms with E-state index in [1.54, 1.807) is 146 Å². The molecule has 11 N–H and O–H groups in total. The summed E-state index contributed by atoms with van der Waals surface area (Å²) in [5, 5.41) is 0. The molecule has 0 saturated carbocycles. The second-order valence-electron chi connectivity index (χ2n) is 11.5. The quantitative estimate of drug-likeness (QED) is 0.0508. The molecule has 17 heteroatoms. The zero-order valence-corrected chi connectivity index (χ0v) is 30.8. The van der Waals surface area contributed by atoms with Gasteiger partial charge in [0.15, 0.2) is 0 Å². The molecule has 7 rings (SSSR count). The molecule has 0 aliphatic carbocycles. The summed E-state index contributed by atoms with van der Waals surface area (Å²) in [5.41, 5.74) is 34.1. The predicted octanol–water partition coefficient (Wildman–Crippen LogP) is 8.77. The van der Waals surface area contributed by atoms with E-state index >= 15 is 0 Å². The van der Waals surface area contributed by atoms with Crippen molar-refractivity contribution in [3.8, 4) is 34.5 Å². The van der Waals surface area contributed by atoms with Gasteiger partial charge in [0.05, 0.1) is 0 Å². The number of benzene rings is 6. The van der Waals surface area contributed by atoms with Gasteiger partial charge in [0.1, 0.15) is 0 Å². The molecule has 14 nitrogen and oxygen atoms in total. The van der Waals surface area contributed by atoms with E-state index in [-0.39, 0.29) is 57.2 Å². The van der Waals surface area contributed by atoms with Crippen LogP contribution in [0.3, 0.4) is 0 Å². The first-order valence-electron chi connectivity index (χ1n) is 16.1. The van der Waals surface area contributed by atoms with Crippen LogP contribution < -0.4 is 61.0 Å². The monoisotopic (exact) mass is 770 g/mol. The molecule has 6 aromatic carbocycles. The fourth-order valence-corrected chi connectivity index (χ4v) is 14.5. The Hall–Kier alpha value is -5.87. The number of hydrogen-bond donors (Lipinski definition) is 6. The Morgan fingerprint density at radius 3 is 1.28 bits per heavy atom. The third-order valence-electron chi connectivity index (χ3n) is 7.66. The van der Waals surface area contributed by atoms with Crippen molar-refractivity contribution in [2.45, 2.75) is 0 Å². The van der Waals surface area contributed by atoms with Crippen molar-refractivity contribution in [2.75, 3.05) is 28.7 Å². The van der Waals surface area contributed by atoms with Crippen LogP contribution in [0.2, 0.25) is 0 Å². The molecule has 1 aliphatic rings. The Morgan fingerprint density at radius 1 is 0.472 bits per heavy atom. The number of nitrogens with zero attached hydrogens (tertiary/aromatic N) is 2. The van der Waals surface area contributed by atoms with E-state index in [1.807, 2.05) is 6.07 Å². The van der Waals surface area contributed by atoms with Crippen molar-refractivity contribution in [1.82, 2.24) is 9.46 Å². The summed E-state index contributed by atoms with van der Waals surface area (Å²) in [6, 6.07) is 43.1. The number of hydrogen-bond acceptors (Lipinski definition) is 14. The third-order valence-corrected chi connectivity index (χ3v) is 16.2. The van der Waals surface area contributed by atoms with Crippen molar-refractivity contribution in [2.24, 2.45) is 4.52 Å². The molecule has 1 heterocycles. The summed E-state index contributed by atoms with van der Waals surface area (Å²) in [4.78, 5) is 10.3. The van der Waals surface area contributed by atoms with Gasteiger partial charge in [-0.25, -0.2) is 0 Å². The molecule has 0 radical (unpaired) electrons. The van der Waals surface area contributed by atoms with Crippen LogP contribution in [0.25, 0.3) is 0 Å². The Balaban J connectivity index is 1.61. The van der Waals surface area contributed by atoms with E-state index in [9.17, 15) is 0 Å². The van der Waals surface area contributed by atoms with Crippen LogP contribution in [-0.2, 0) is 0 Å². The fourth-order valence-electron chi connectivity index (χ4n) is 5.10. The average molecular weight is 771 g/mol. The standard InChI is InChI=1S/C36H37N8O6P3/c37-27-16-4-9-21-32(27)45-44-52(46-33-22-10-5-17-28(33)38,47-34-23-11-6-18-29(34)39)42-51-43-53(44,48-26-14-2-1-3-15-26,49-35-24-12-7-19-30(35)40)50-36-25-13-8-20-31(36)41/h1-25,43,51H,37-41H2. The third kappa shape index (κ3) is 7.15. The van der Waals surface area contributed by atoms with Crippen molar-refractivity contribution in [3.63, 3.8) is 0 Å². The average Bonchev–Trinajstić information content (AvgIpc) is 3.15. The zero-order valence-electron chi connectivity index (χ0n) is 28.1. The van der Waals surface area contributed by atoms with Crippen molar-refractivity contribution < 1.29 is 27.5 Å². The summed E-state index contributed by atoms with van der Waals surface area (Å²) < 4.78 is 41.5. The van der Waals surface area contributed by atoms with Crippen LogP contribution in [-0.4, -0.2) is 4.60 Å². The number of para-hydroxylation sites is 11. The maximum absolute atomic E-state index is 7.15. The molecule has 1 aliphatic heterocycles. The molecule has 0 aromatic heterocycles. The van der Waals surface area contributed by atoms with Gasteiger partial charge >= 0.3 is 309 Å². The molecule has 1 atom stereocenters. The molecular weight excluding hydrogens is 733 g/mol. The second kappa shape index (κ2) is 14.6. The first kappa shape index (κ1) is 35.5. The summed E-state index contributed by atoms with van der Waals surface area (Å²) >= 11 is 0. The molecule has 6 aromatic rings. The molecule has 272 valence electrons. The van der Waals surface area contributed by atoms with Crippen LogP contribution in [0, 0.1) is 0 Å². The minimum absolute atomic E-state index is 0.147. The van der Waals surface area contributed by atoms with E-state index in [0.29, 0.717) is 5.75 Å². The van der Waals surface area contributed by atoms with E-state index in [4.69, 9.17) is 60.6 Å². The Kier molecular flexibility index (Phi) is 9.81. The van der Waals surface area contributed by atoms with Crippen LogP contribution >= 0.6 is 24.1 Å². The minimum atomic E-state index is -5.60. The van der Waals surface area contributed by atoms with Crippen LogP contribution in [0.5, 0.6) is 34.5 Å². The van der Waals surface area contributed by atoms with E-state index in [2.05, 4.69) is 4.86 Å². The number of nitrogens with two attached hydrogens (primary N) is 5. The van der Waals surface area contributed by atoms with E-state index < -0.39 is 24.1 Å². The predicted molar refractivity (Wildman–Crippen MR) is 214 cm³/mol. The van der Waals surface area contributed by atoms with Crippen LogP contribution in [0.15, 0.2) is 156 Å². The van der Waals surface area contributed by atoms with Gasteiger partial charge in [0.2, 0.25) is 0 Å². The maximum atomic E-state index is 7.15. The molecule has 0 spiro atoms. The summed E-state index contributed by atoms with van der Waals surface area (Å²) in [6.07, 6.45) is 0. The van der Waals surface area contributed by atoms with Gasteiger partial charge in [0.25, 0.3) is 0 Å². The van der Waals surface area contributed by atoms with Crippen molar-refractivity contribution in [1.29, 1.82) is 0 Å². The SMILES string of the molecule is Nc1ccccc1ON1P(Oc2ccccc2N)(Oc2ccccc2N)=NPNP1(Oc1ccccc1)(Oc1ccccc1N)Oc1ccccc1N. The topological polar surface area (TPSA) is 213 Å². The van der Waals surface area contributed by atoms with E-state index in [0.717, 1.165) is 0 Å². The summed E-state index contributed by atoms with van der Waals surface area (Å²) in [6.45, 7) is 0. The van der Waals surface area contributed by atoms with Gasteiger partial charge in [-0.3, -0.25) is 0 Å². The number of rotatable bonds is 12. The van der Waals surface area contributed by atoms with Gasteiger partial charge in [-0.05, 0) is 0 Å². The van der Waals surface area contributed by atoms with Gasteiger partial charge in [-0.15, -0.1) is 0 Å². The Bertz CT molecular complexity index is 2200. The first-order chi connectivity index (χ1) is 25.7. The van der Waals surface area contributed by atoms with Crippen LogP contribution in [0.4, 0.5) is 28.4 Å². The molecule has 0 fully saturated rings. The molecular formula is C36H37N8O6P3. The van der Waals surface area contributed by atoms with Crippen LogP contribution in [0.1, 0.15) is 0 Å². The fraction of sp³-hybridized carbons (Fsp3) is 0. The Morgan fingerprint density at radius 2 is 0.849 bits per heavy atom. The van der Waals surface area contributed by atoms with Crippen molar-refractivity contribution in [3.05, 3.63) is 152 Å². The number of nitrogens with one attached hydrogen (secondary N) is 1. The van der Waals surface area contributed by atoms with Crippen molar-refractivity contribution >= 4 is 52.6 Å². The zero-order chi connectivity index (χ0) is 36.9. The number of anilines is 5. The normalized spacial score (nSPS) is 16.9. The summed E-state index contributed by atoms with van der Waals surface area (Å²) in [7, 11) is -10.4. The van der Waals surface area contributed by atoms with Gasteiger partial charge in [-0.1, -0.05) is 0 Å². The van der Waals surface area contributed by atoms with Gasteiger partial charge in [0, 0.05) is 0 Å². The first-order valence-corrected chi connectivity index (χ1v) is 20.5. The molecule has 0 amide bonds. The molecule has 1 unspecified atom stereocenters. The second-order valence-corrected chi connectivity index (χ2v) is 18.0. The Labute approximate surface area is 308 Å². The van der Waals surface area contributed by atoms with Gasteiger partial charge in [-0.2, -0.15) is 0 Å². The number of nitrogen functional groups attached to an aromatic ring is 5. The van der Waals surface area contributed by atoms with Gasteiger partial charge < -0.3 is 0 Å². The molecule has 0 bridgehead atoms. The molecule has 53 heavy (non-hydrogen) atoms. The van der Waals surface area contributed by atoms with E-state index in [1.165, 1.54) is 4.60 Å².